The topological polar surface area (TPSA) is 49.4 Å². The molecule has 4 rings (SSSR count). The highest BCUT2D eigenvalue weighted by Gasteiger charge is 2.41. The maximum atomic E-state index is 13.5. The van der Waals surface area contributed by atoms with Crippen molar-refractivity contribution in [2.75, 3.05) is 25.0 Å². The zero-order valence-electron chi connectivity index (χ0n) is 14.9. The normalized spacial score (nSPS) is 25.5. The third-order valence-corrected chi connectivity index (χ3v) is 7.51. The number of halogens is 1. The second-order valence-electron chi connectivity index (χ2n) is 7.36. The number of hydrogen-bond donors (Lipinski definition) is 1. The summed E-state index contributed by atoms with van der Waals surface area (Å²) in [5.41, 5.74) is 2.19. The van der Waals surface area contributed by atoms with Gasteiger partial charge in [-0.15, -0.1) is 0 Å². The smallest absolute Gasteiger partial charge is 0.206 e. The largest absolute Gasteiger partial charge is 0.371 e. The third-order valence-electron chi connectivity index (χ3n) is 5.76. The van der Waals surface area contributed by atoms with E-state index in [-0.39, 0.29) is 9.79 Å². The number of nitrogens with one attached hydrogen (secondary N) is 1. The first-order chi connectivity index (χ1) is 12.4. The summed E-state index contributed by atoms with van der Waals surface area (Å²) in [5, 5.41) is 3.47. The minimum absolute atomic E-state index is 0.00377. The lowest BCUT2D eigenvalue weighted by molar-refractivity contribution is 0.424. The molecule has 0 saturated carbocycles. The Morgan fingerprint density at radius 3 is 2.69 bits per heavy atom. The molecule has 1 N–H and O–H groups in total. The van der Waals surface area contributed by atoms with Crippen LogP contribution in [0.25, 0.3) is 0 Å². The van der Waals surface area contributed by atoms with Gasteiger partial charge in [-0.2, -0.15) is 0 Å². The van der Waals surface area contributed by atoms with Gasteiger partial charge in [0.15, 0.2) is 0 Å². The molecule has 4 nitrogen and oxygen atoms in total. The Hall–Kier alpha value is -1.92. The predicted molar refractivity (Wildman–Crippen MR) is 99.9 cm³/mol. The van der Waals surface area contributed by atoms with Crippen molar-refractivity contribution in [2.45, 2.75) is 35.1 Å². The molecule has 138 valence electrons. The number of sulfone groups is 1. The maximum absolute atomic E-state index is 13.5. The number of rotatable bonds is 2. The van der Waals surface area contributed by atoms with Gasteiger partial charge in [0, 0.05) is 24.7 Å². The molecule has 1 saturated heterocycles. The second kappa shape index (κ2) is 6.35. The second-order valence-corrected chi connectivity index (χ2v) is 9.31. The lowest BCUT2D eigenvalue weighted by atomic mass is 9.84. The van der Waals surface area contributed by atoms with Crippen molar-refractivity contribution in [2.24, 2.45) is 5.92 Å². The van der Waals surface area contributed by atoms with E-state index >= 15 is 0 Å². The van der Waals surface area contributed by atoms with Gasteiger partial charge in [-0.25, -0.2) is 12.8 Å². The Morgan fingerprint density at radius 1 is 1.15 bits per heavy atom. The Morgan fingerprint density at radius 2 is 1.92 bits per heavy atom. The number of benzene rings is 2. The summed E-state index contributed by atoms with van der Waals surface area (Å²) >= 11 is 0. The van der Waals surface area contributed by atoms with Gasteiger partial charge in [-0.3, -0.25) is 0 Å². The molecule has 26 heavy (non-hydrogen) atoms. The molecule has 2 aromatic carbocycles. The number of likely N-dealkylation sites (N-methyl/N-ethyl adjacent to an activating group) is 1. The van der Waals surface area contributed by atoms with E-state index < -0.39 is 15.7 Å². The molecule has 3 atom stereocenters. The van der Waals surface area contributed by atoms with Gasteiger partial charge in [0.05, 0.1) is 9.79 Å². The van der Waals surface area contributed by atoms with Gasteiger partial charge < -0.3 is 10.2 Å². The first-order valence-electron chi connectivity index (χ1n) is 8.98. The van der Waals surface area contributed by atoms with Gasteiger partial charge in [0.1, 0.15) is 5.82 Å². The quantitative estimate of drug-likeness (QED) is 0.877. The van der Waals surface area contributed by atoms with E-state index in [1.54, 1.807) is 12.1 Å². The molecule has 0 aromatic heterocycles. The summed E-state index contributed by atoms with van der Waals surface area (Å²) < 4.78 is 39.5. The molecule has 0 aliphatic carbocycles. The lowest BCUT2D eigenvalue weighted by Gasteiger charge is -2.27. The molecule has 2 heterocycles. The summed E-state index contributed by atoms with van der Waals surface area (Å²) in [6.07, 6.45) is 1.03. The van der Waals surface area contributed by atoms with Crippen LogP contribution in [0.3, 0.4) is 0 Å². The van der Waals surface area contributed by atoms with E-state index in [4.69, 9.17) is 0 Å². The number of fused-ring (bicyclic) bond motifs is 3. The summed E-state index contributed by atoms with van der Waals surface area (Å²) in [5.74, 6) is 0.168. The van der Waals surface area contributed by atoms with E-state index in [9.17, 15) is 12.8 Å². The predicted octanol–water partition coefficient (Wildman–Crippen LogP) is 3.19. The van der Waals surface area contributed by atoms with Crippen molar-refractivity contribution in [3.8, 4) is 0 Å². The van der Waals surface area contributed by atoms with Crippen LogP contribution >= 0.6 is 0 Å². The minimum Gasteiger partial charge on any atom is -0.371 e. The molecule has 0 amide bonds. The number of hydrogen-bond acceptors (Lipinski definition) is 4. The van der Waals surface area contributed by atoms with E-state index in [1.165, 1.54) is 18.2 Å². The standard InChI is InChI=1S/C20H23FN2O2S/c1-13-12-22-9-8-19-20(13)17-11-16(6-7-18(17)23(19)2)26(24,25)15-5-3-4-14(21)10-15/h3-7,10-11,13,19-20,22H,8-9,12H2,1-2H3/t13?,19-,20-/m1/s1. The third kappa shape index (κ3) is 2.72. The SMILES string of the molecule is CC1CNCC[C@@H]2[C@H]1c1cc(S(=O)(=O)c3cccc(F)c3)ccc1N2C. The number of nitrogens with zero attached hydrogens (tertiary/aromatic N) is 1. The monoisotopic (exact) mass is 374 g/mol. The first-order valence-corrected chi connectivity index (χ1v) is 10.5. The summed E-state index contributed by atoms with van der Waals surface area (Å²) in [6, 6.07) is 10.9. The highest BCUT2D eigenvalue weighted by atomic mass is 32.2. The van der Waals surface area contributed by atoms with E-state index in [2.05, 4.69) is 24.2 Å². The Bertz CT molecular complexity index is 945. The Balaban J connectivity index is 1.81. The highest BCUT2D eigenvalue weighted by molar-refractivity contribution is 7.91. The van der Waals surface area contributed by atoms with Crippen LogP contribution in [0.4, 0.5) is 10.1 Å². The average Bonchev–Trinajstić information content (AvgIpc) is 2.76. The summed E-state index contributed by atoms with van der Waals surface area (Å²) in [4.78, 5) is 2.51. The molecule has 2 aliphatic rings. The fourth-order valence-corrected chi connectivity index (χ4v) is 5.78. The molecule has 6 heteroatoms. The van der Waals surface area contributed by atoms with Crippen molar-refractivity contribution in [3.05, 3.63) is 53.8 Å². The molecule has 0 radical (unpaired) electrons. The maximum Gasteiger partial charge on any atom is 0.206 e. The fourth-order valence-electron chi connectivity index (χ4n) is 4.45. The molecule has 2 aliphatic heterocycles. The lowest BCUT2D eigenvalue weighted by Crippen LogP contribution is -2.32. The summed E-state index contributed by atoms with van der Waals surface area (Å²) in [6.45, 7) is 4.11. The molecule has 2 aromatic rings. The van der Waals surface area contributed by atoms with Gasteiger partial charge in [-0.05, 0) is 67.4 Å². The van der Waals surface area contributed by atoms with Crippen LogP contribution in [-0.4, -0.2) is 34.6 Å². The molecule has 0 bridgehead atoms. The van der Waals surface area contributed by atoms with Crippen molar-refractivity contribution >= 4 is 15.5 Å². The van der Waals surface area contributed by atoms with Crippen LogP contribution in [0.1, 0.15) is 24.8 Å². The average molecular weight is 374 g/mol. The Kier molecular flexibility index (Phi) is 4.28. The van der Waals surface area contributed by atoms with Gasteiger partial charge in [-0.1, -0.05) is 13.0 Å². The molecular formula is C20H23FN2O2S. The van der Waals surface area contributed by atoms with Gasteiger partial charge >= 0.3 is 0 Å². The highest BCUT2D eigenvalue weighted by Crippen LogP contribution is 2.46. The van der Waals surface area contributed by atoms with E-state index in [1.807, 2.05) is 6.07 Å². The van der Waals surface area contributed by atoms with E-state index in [0.29, 0.717) is 17.9 Å². The van der Waals surface area contributed by atoms with Crippen LogP contribution in [0.5, 0.6) is 0 Å². The molecule has 1 fully saturated rings. The van der Waals surface area contributed by atoms with Crippen molar-refractivity contribution < 1.29 is 12.8 Å². The van der Waals surface area contributed by atoms with Crippen molar-refractivity contribution in [3.63, 3.8) is 0 Å². The molecule has 0 spiro atoms. The van der Waals surface area contributed by atoms with Crippen molar-refractivity contribution in [1.82, 2.24) is 5.32 Å². The van der Waals surface area contributed by atoms with Gasteiger partial charge in [0.2, 0.25) is 9.84 Å². The zero-order valence-corrected chi connectivity index (χ0v) is 15.8. The number of anilines is 1. The minimum atomic E-state index is -3.74. The van der Waals surface area contributed by atoms with Crippen LogP contribution in [0, 0.1) is 11.7 Å². The van der Waals surface area contributed by atoms with Crippen LogP contribution in [0.15, 0.2) is 52.3 Å². The molecule has 1 unspecified atom stereocenters. The van der Waals surface area contributed by atoms with Gasteiger partial charge in [0.25, 0.3) is 0 Å². The zero-order chi connectivity index (χ0) is 18.5. The molecular weight excluding hydrogens is 351 g/mol. The van der Waals surface area contributed by atoms with Crippen LogP contribution in [-0.2, 0) is 9.84 Å². The van der Waals surface area contributed by atoms with Crippen molar-refractivity contribution in [1.29, 1.82) is 0 Å². The summed E-state index contributed by atoms with van der Waals surface area (Å²) in [7, 11) is -1.65. The van der Waals surface area contributed by atoms with Crippen LogP contribution < -0.4 is 10.2 Å². The fraction of sp³-hybridized carbons (Fsp3) is 0.400. The first kappa shape index (κ1) is 17.5. The van der Waals surface area contributed by atoms with Crippen LogP contribution in [0.2, 0.25) is 0 Å². The van der Waals surface area contributed by atoms with E-state index in [0.717, 1.165) is 36.8 Å². The Labute approximate surface area is 153 Å².